The molecular formula is C20H24ClN5O3S2. The van der Waals surface area contributed by atoms with Crippen molar-refractivity contribution in [3.8, 4) is 5.00 Å². The third-order valence-electron chi connectivity index (χ3n) is 5.48. The first-order valence-corrected chi connectivity index (χ1v) is 12.6. The van der Waals surface area contributed by atoms with E-state index >= 15 is 0 Å². The lowest BCUT2D eigenvalue weighted by atomic mass is 9.97. The zero-order valence-electron chi connectivity index (χ0n) is 17.3. The number of benzene rings is 1. The molecule has 0 radical (unpaired) electrons. The van der Waals surface area contributed by atoms with E-state index in [-0.39, 0.29) is 18.2 Å². The molecule has 3 aromatic rings. The van der Waals surface area contributed by atoms with Crippen molar-refractivity contribution in [2.45, 2.75) is 25.3 Å². The first kappa shape index (κ1) is 22.2. The van der Waals surface area contributed by atoms with Gasteiger partial charge in [0.1, 0.15) is 10.8 Å². The number of hydrogen-bond acceptors (Lipinski definition) is 5. The number of halogens is 1. The van der Waals surface area contributed by atoms with Gasteiger partial charge in [-0.15, -0.1) is 11.3 Å². The highest BCUT2D eigenvalue weighted by Crippen LogP contribution is 2.30. The van der Waals surface area contributed by atoms with Crippen molar-refractivity contribution >= 4 is 33.1 Å². The molecule has 0 saturated carbocycles. The van der Waals surface area contributed by atoms with Gasteiger partial charge in [-0.1, -0.05) is 29.8 Å². The van der Waals surface area contributed by atoms with E-state index in [1.54, 1.807) is 10.6 Å². The van der Waals surface area contributed by atoms with Gasteiger partial charge in [0.2, 0.25) is 0 Å². The molecule has 4 rings (SSSR count). The molecule has 1 aliphatic heterocycles. The van der Waals surface area contributed by atoms with Crippen molar-refractivity contribution in [1.29, 1.82) is 0 Å². The van der Waals surface area contributed by atoms with Gasteiger partial charge in [0.05, 0.1) is 6.54 Å². The summed E-state index contributed by atoms with van der Waals surface area (Å²) in [5.74, 6) is 0.650. The lowest BCUT2D eigenvalue weighted by Crippen LogP contribution is -2.44. The van der Waals surface area contributed by atoms with Crippen molar-refractivity contribution in [3.63, 3.8) is 0 Å². The molecule has 0 bridgehead atoms. The Kier molecular flexibility index (Phi) is 6.36. The minimum atomic E-state index is -3.45. The molecule has 0 amide bonds. The summed E-state index contributed by atoms with van der Waals surface area (Å²) in [5.41, 5.74) is 0.598. The van der Waals surface area contributed by atoms with Gasteiger partial charge in [-0.25, -0.2) is 14.0 Å². The lowest BCUT2D eigenvalue weighted by Gasteiger charge is -2.32. The van der Waals surface area contributed by atoms with Gasteiger partial charge in [-0.2, -0.15) is 22.1 Å². The number of rotatable bonds is 6. The monoisotopic (exact) mass is 481 g/mol. The van der Waals surface area contributed by atoms with E-state index in [1.165, 1.54) is 38.7 Å². The highest BCUT2D eigenvalue weighted by atomic mass is 35.5. The van der Waals surface area contributed by atoms with Crippen LogP contribution in [0.1, 0.15) is 30.1 Å². The van der Waals surface area contributed by atoms with Crippen LogP contribution < -0.4 is 5.69 Å². The van der Waals surface area contributed by atoms with Crippen LogP contribution in [0.5, 0.6) is 0 Å². The molecule has 1 saturated heterocycles. The largest absolute Gasteiger partial charge is 0.351 e. The Morgan fingerprint density at radius 2 is 1.87 bits per heavy atom. The summed E-state index contributed by atoms with van der Waals surface area (Å²) in [5, 5.41) is 7.99. The maximum absolute atomic E-state index is 13.3. The molecule has 1 aliphatic rings. The molecule has 0 N–H and O–H groups in total. The number of nitrogens with zero attached hydrogens (tertiary/aromatic N) is 5. The van der Waals surface area contributed by atoms with Gasteiger partial charge in [0, 0.05) is 38.1 Å². The van der Waals surface area contributed by atoms with Crippen LogP contribution in [0.3, 0.4) is 0 Å². The van der Waals surface area contributed by atoms with Gasteiger partial charge >= 0.3 is 5.69 Å². The van der Waals surface area contributed by atoms with E-state index in [2.05, 4.69) is 5.10 Å². The summed E-state index contributed by atoms with van der Waals surface area (Å²) < 4.78 is 30.7. The Bertz CT molecular complexity index is 1210. The third kappa shape index (κ3) is 4.35. The SMILES string of the molecule is CN(C)S(=O)(=O)N1CCC(c2nn(Cc3ccccc3Cl)c(=O)n2-c2cccs2)CC1. The third-order valence-corrected chi connectivity index (χ3v) is 8.64. The van der Waals surface area contributed by atoms with Crippen LogP contribution in [-0.2, 0) is 16.8 Å². The second-order valence-corrected chi connectivity index (χ2v) is 11.1. The summed E-state index contributed by atoms with van der Waals surface area (Å²) in [7, 11) is -0.379. The maximum atomic E-state index is 13.3. The Hall–Kier alpha value is -1.98. The summed E-state index contributed by atoms with van der Waals surface area (Å²) >= 11 is 7.76. The molecule has 0 aliphatic carbocycles. The van der Waals surface area contributed by atoms with Crippen LogP contribution in [0.15, 0.2) is 46.6 Å². The van der Waals surface area contributed by atoms with E-state index in [1.807, 2.05) is 35.7 Å². The van der Waals surface area contributed by atoms with Crippen molar-refractivity contribution < 1.29 is 8.42 Å². The second-order valence-electron chi connectivity index (χ2n) is 7.64. The molecular weight excluding hydrogens is 458 g/mol. The van der Waals surface area contributed by atoms with Crippen molar-refractivity contribution in [2.24, 2.45) is 0 Å². The summed E-state index contributed by atoms with van der Waals surface area (Å²) in [6.45, 7) is 1.06. The van der Waals surface area contributed by atoms with Gasteiger partial charge in [0.15, 0.2) is 0 Å². The first-order chi connectivity index (χ1) is 14.8. The quantitative estimate of drug-likeness (QED) is 0.542. The molecule has 31 heavy (non-hydrogen) atoms. The van der Waals surface area contributed by atoms with Gasteiger partial charge in [0.25, 0.3) is 10.2 Å². The Morgan fingerprint density at radius 3 is 2.48 bits per heavy atom. The fourth-order valence-corrected chi connectivity index (χ4v) is 5.82. The number of hydrogen-bond donors (Lipinski definition) is 0. The van der Waals surface area contributed by atoms with Crippen LogP contribution in [0.4, 0.5) is 0 Å². The highest BCUT2D eigenvalue weighted by Gasteiger charge is 2.33. The fourth-order valence-electron chi connectivity index (χ4n) is 3.76. The molecule has 0 atom stereocenters. The summed E-state index contributed by atoms with van der Waals surface area (Å²) in [4.78, 5) is 13.3. The number of piperidine rings is 1. The fraction of sp³-hybridized carbons (Fsp3) is 0.400. The maximum Gasteiger partial charge on any atom is 0.351 e. The van der Waals surface area contributed by atoms with Crippen LogP contribution in [0.2, 0.25) is 5.02 Å². The molecule has 8 nitrogen and oxygen atoms in total. The number of thiophene rings is 1. The van der Waals surface area contributed by atoms with Gasteiger partial charge in [-0.3, -0.25) is 0 Å². The van der Waals surface area contributed by atoms with E-state index in [0.717, 1.165) is 10.6 Å². The van der Waals surface area contributed by atoms with Crippen molar-refractivity contribution in [2.75, 3.05) is 27.2 Å². The van der Waals surface area contributed by atoms with Crippen molar-refractivity contribution in [3.05, 3.63) is 68.7 Å². The average Bonchev–Trinajstić information content (AvgIpc) is 3.38. The molecule has 11 heteroatoms. The Labute approximate surface area is 190 Å². The molecule has 2 aromatic heterocycles. The van der Waals surface area contributed by atoms with Crippen LogP contribution in [-0.4, -0.2) is 58.6 Å². The zero-order chi connectivity index (χ0) is 22.2. The number of aromatic nitrogens is 3. The van der Waals surface area contributed by atoms with Crippen molar-refractivity contribution in [1.82, 2.24) is 23.0 Å². The average molecular weight is 482 g/mol. The highest BCUT2D eigenvalue weighted by molar-refractivity contribution is 7.86. The van der Waals surface area contributed by atoms with E-state index in [4.69, 9.17) is 11.6 Å². The summed E-state index contributed by atoms with van der Waals surface area (Å²) in [6, 6.07) is 11.2. The van der Waals surface area contributed by atoms with E-state index < -0.39 is 10.2 Å². The van der Waals surface area contributed by atoms with Crippen LogP contribution >= 0.6 is 22.9 Å². The second kappa shape index (κ2) is 8.87. The minimum Gasteiger partial charge on any atom is -0.246 e. The molecule has 0 unspecified atom stereocenters. The first-order valence-electron chi connectivity index (χ1n) is 9.93. The van der Waals surface area contributed by atoms with E-state index in [0.29, 0.717) is 36.8 Å². The lowest BCUT2D eigenvalue weighted by molar-refractivity contribution is 0.295. The predicted octanol–water partition coefficient (Wildman–Crippen LogP) is 2.78. The predicted molar refractivity (Wildman–Crippen MR) is 122 cm³/mol. The molecule has 0 spiro atoms. The van der Waals surface area contributed by atoms with Gasteiger partial charge < -0.3 is 0 Å². The molecule has 3 heterocycles. The smallest absolute Gasteiger partial charge is 0.246 e. The van der Waals surface area contributed by atoms with Gasteiger partial charge in [-0.05, 0) is 42.0 Å². The zero-order valence-corrected chi connectivity index (χ0v) is 19.7. The van der Waals surface area contributed by atoms with Crippen LogP contribution in [0, 0.1) is 0 Å². The Morgan fingerprint density at radius 1 is 1.16 bits per heavy atom. The summed E-state index contributed by atoms with van der Waals surface area (Å²) in [6.07, 6.45) is 1.20. The van der Waals surface area contributed by atoms with E-state index in [9.17, 15) is 13.2 Å². The molecule has 166 valence electrons. The Balaban J connectivity index is 1.66. The molecule has 1 fully saturated rings. The molecule has 1 aromatic carbocycles. The normalized spacial score (nSPS) is 16.3. The minimum absolute atomic E-state index is 0.0177. The van der Waals surface area contributed by atoms with Crippen LogP contribution in [0.25, 0.3) is 5.00 Å². The topological polar surface area (TPSA) is 80.4 Å². The standard InChI is InChI=1S/C20H24ClN5O3S2/c1-23(2)31(28,29)24-11-9-15(10-12-24)19-22-25(14-16-6-3-4-7-17(16)21)20(27)26(19)18-8-5-13-30-18/h3-8,13,15H,9-12,14H2,1-2H3.